The predicted molar refractivity (Wildman–Crippen MR) is 338 cm³/mol. The number of primary amides is 1. The number of fused-ring (bicyclic) bond motifs is 1. The fraction of sp³-hybridized carbons (Fsp3) is 0.667. The van der Waals surface area contributed by atoms with E-state index in [1.165, 1.54) is 13.8 Å². The maximum Gasteiger partial charge on any atom is 0.246 e. The van der Waals surface area contributed by atoms with Gasteiger partial charge in [-0.25, -0.2) is 0 Å². The minimum Gasteiger partial charge on any atom is -0.391 e. The third-order valence-corrected chi connectivity index (χ3v) is 17.1. The predicted octanol–water partition coefficient (Wildman–Crippen LogP) is -3.25. The summed E-state index contributed by atoms with van der Waals surface area (Å²) >= 11 is 0. The molecule has 2 heterocycles. The summed E-state index contributed by atoms with van der Waals surface area (Å²) in [7, 11) is 1.86. The number of benzene rings is 1. The normalized spacial score (nSPS) is 22.7. The average molecular weight is 1280 g/mol. The van der Waals surface area contributed by atoms with Crippen molar-refractivity contribution in [1.82, 2.24) is 58.2 Å². The highest BCUT2D eigenvalue weighted by atomic mass is 33.1. The van der Waals surface area contributed by atoms with Gasteiger partial charge in [0.1, 0.15) is 59.9 Å². The standard InChI is InChI=1S/C57H97N17O12S2/c1-6-7-8-9-10-11-16-45(76)65-37(17-22-58)51(81)73-46(33(4)75)55(85)68-40(20-25-61)50(80)71-44-31-88-87-30-43(47(63)77)70-49(79)39(19-24-60)66-48(78)38(18-23-59)67-52(82)41(27-32(2)3)69-53(83)42(28-34-29-64-36-15-13-12-14-35(34)36)72-56(86)57(5,21-26-62)74-54(44)84/h12-15,29,32-33,37-44,46,64,75H,6-11,16-28,30-31,58-62H2,1-5H3,(H2,63,77)(H,65,76)(H,66,78)(H,67,82)(H,68,85)(H,69,83)(H,70,79)(H,71,80)(H,72,86)(H,73,81)(H,74,84)/t33-,37+,38+,39+,40+,41+,42-,43?,44?,46+,57+/m1/s1. The summed E-state index contributed by atoms with van der Waals surface area (Å²) in [5.41, 5.74) is 34.7. The van der Waals surface area contributed by atoms with E-state index in [0.29, 0.717) is 17.4 Å². The smallest absolute Gasteiger partial charge is 0.246 e. The van der Waals surface area contributed by atoms with Crippen LogP contribution in [0, 0.1) is 5.92 Å². The largest absolute Gasteiger partial charge is 0.391 e. The molecule has 0 radical (unpaired) electrons. The first-order valence-corrected chi connectivity index (χ1v) is 32.7. The van der Waals surface area contributed by atoms with Gasteiger partial charge in [-0.3, -0.25) is 52.7 Å². The third-order valence-electron chi connectivity index (χ3n) is 14.6. The molecule has 24 N–H and O–H groups in total. The Morgan fingerprint density at radius 1 is 0.659 bits per heavy atom. The number of para-hydroxylation sites is 1. The van der Waals surface area contributed by atoms with Gasteiger partial charge in [-0.15, -0.1) is 0 Å². The van der Waals surface area contributed by atoms with Gasteiger partial charge in [0.25, 0.3) is 0 Å². The molecule has 2 unspecified atom stereocenters. The number of carbonyl (C=O) groups is 11. The molecule has 0 bridgehead atoms. The first kappa shape index (κ1) is 75.6. The first-order chi connectivity index (χ1) is 41.9. The highest BCUT2D eigenvalue weighted by Crippen LogP contribution is 2.25. The van der Waals surface area contributed by atoms with Crippen LogP contribution >= 0.6 is 21.6 Å². The van der Waals surface area contributed by atoms with Crippen molar-refractivity contribution >= 4 is 97.5 Å². The van der Waals surface area contributed by atoms with E-state index >= 15 is 0 Å². The van der Waals surface area contributed by atoms with Gasteiger partial charge in [0.2, 0.25) is 65.0 Å². The number of H-pyrrole nitrogens is 1. The molecule has 11 atom stereocenters. The first-order valence-electron chi connectivity index (χ1n) is 30.2. The molecule has 494 valence electrons. The Morgan fingerprint density at radius 3 is 1.82 bits per heavy atom. The topological polar surface area (TPSA) is 500 Å². The van der Waals surface area contributed by atoms with Crippen LogP contribution in [0.2, 0.25) is 0 Å². The van der Waals surface area contributed by atoms with Crippen LogP contribution in [0.1, 0.15) is 124 Å². The molecule has 1 saturated heterocycles. The second-order valence-corrected chi connectivity index (χ2v) is 25.1. The zero-order valence-corrected chi connectivity index (χ0v) is 52.9. The van der Waals surface area contributed by atoms with Crippen LogP contribution in [0.4, 0.5) is 0 Å². The molecule has 1 aliphatic heterocycles. The number of hydrogen-bond acceptors (Lipinski definition) is 19. The molecular weight excluding hydrogens is 1180 g/mol. The van der Waals surface area contributed by atoms with Gasteiger partial charge in [-0.05, 0) is 109 Å². The van der Waals surface area contributed by atoms with Crippen molar-refractivity contribution < 1.29 is 57.8 Å². The fourth-order valence-corrected chi connectivity index (χ4v) is 11.9. The van der Waals surface area contributed by atoms with Crippen LogP contribution in [0.5, 0.6) is 0 Å². The van der Waals surface area contributed by atoms with Gasteiger partial charge in [0.05, 0.1) is 6.10 Å². The van der Waals surface area contributed by atoms with E-state index in [1.807, 2.05) is 12.1 Å². The third kappa shape index (κ3) is 25.1. The van der Waals surface area contributed by atoms with Gasteiger partial charge in [-0.1, -0.05) is 92.7 Å². The molecule has 1 fully saturated rings. The molecule has 1 aromatic carbocycles. The monoisotopic (exact) mass is 1280 g/mol. The van der Waals surface area contributed by atoms with Gasteiger partial charge in [-0.2, -0.15) is 0 Å². The summed E-state index contributed by atoms with van der Waals surface area (Å²) in [6, 6.07) is -5.58. The highest BCUT2D eigenvalue weighted by molar-refractivity contribution is 8.76. The molecule has 31 heteroatoms. The van der Waals surface area contributed by atoms with Gasteiger partial charge < -0.3 is 97.7 Å². The Morgan fingerprint density at radius 2 is 1.23 bits per heavy atom. The lowest BCUT2D eigenvalue weighted by molar-refractivity contribution is -0.138. The lowest BCUT2D eigenvalue weighted by Gasteiger charge is -2.33. The van der Waals surface area contributed by atoms with Crippen molar-refractivity contribution in [3.8, 4) is 0 Å². The molecular formula is C57H97N17O12S2. The summed E-state index contributed by atoms with van der Waals surface area (Å²) < 4.78 is 0. The second-order valence-electron chi connectivity index (χ2n) is 22.6. The number of rotatable bonds is 30. The summed E-state index contributed by atoms with van der Waals surface area (Å²) in [6.45, 7) is 7.65. The van der Waals surface area contributed by atoms with Crippen molar-refractivity contribution in [3.05, 3.63) is 36.0 Å². The zero-order chi connectivity index (χ0) is 65.5. The van der Waals surface area contributed by atoms with Crippen LogP contribution in [-0.4, -0.2) is 185 Å². The van der Waals surface area contributed by atoms with Crippen molar-refractivity contribution in [1.29, 1.82) is 0 Å². The number of nitrogens with two attached hydrogens (primary N) is 6. The molecule has 88 heavy (non-hydrogen) atoms. The van der Waals surface area contributed by atoms with Gasteiger partial charge in [0.15, 0.2) is 0 Å². The molecule has 2 aromatic rings. The van der Waals surface area contributed by atoms with Crippen LogP contribution < -0.4 is 87.6 Å². The molecule has 3 rings (SSSR count). The second kappa shape index (κ2) is 39.4. The molecule has 11 amide bonds. The van der Waals surface area contributed by atoms with E-state index in [1.54, 1.807) is 32.2 Å². The van der Waals surface area contributed by atoms with Gasteiger partial charge in [0, 0.05) is 41.4 Å². The fourth-order valence-electron chi connectivity index (χ4n) is 9.60. The van der Waals surface area contributed by atoms with E-state index in [0.717, 1.165) is 59.2 Å². The quantitative estimate of drug-likeness (QED) is 0.0270. The van der Waals surface area contributed by atoms with Crippen LogP contribution in [0.25, 0.3) is 10.9 Å². The van der Waals surface area contributed by atoms with Crippen LogP contribution in [-0.2, 0) is 59.2 Å². The molecule has 29 nitrogen and oxygen atoms in total. The van der Waals surface area contributed by atoms with E-state index in [4.69, 9.17) is 34.4 Å². The number of aliphatic hydroxyl groups excluding tert-OH is 1. The summed E-state index contributed by atoms with van der Waals surface area (Å²) in [6.07, 6.45) is 5.02. The Kier molecular flexibility index (Phi) is 33.9. The van der Waals surface area contributed by atoms with Crippen molar-refractivity contribution in [2.45, 2.75) is 191 Å². The van der Waals surface area contributed by atoms with E-state index < -0.39 is 131 Å². The number of aromatic nitrogens is 1. The minimum atomic E-state index is -1.94. The Labute approximate surface area is 522 Å². The number of aromatic amines is 1. The number of hydrogen-bond donors (Lipinski definition) is 18. The Balaban J connectivity index is 2.10. The molecule has 1 aliphatic rings. The lowest BCUT2D eigenvalue weighted by Crippen LogP contribution is -2.65. The summed E-state index contributed by atoms with van der Waals surface area (Å²) in [5.74, 6) is -10.2. The lowest BCUT2D eigenvalue weighted by atomic mass is 9.94. The summed E-state index contributed by atoms with van der Waals surface area (Å²) in [5, 5.41) is 37.8. The van der Waals surface area contributed by atoms with Gasteiger partial charge >= 0.3 is 0 Å². The van der Waals surface area contributed by atoms with E-state index in [-0.39, 0.29) is 102 Å². The van der Waals surface area contributed by atoms with E-state index in [9.17, 15) is 57.8 Å². The number of aliphatic hydroxyl groups is 1. The maximum absolute atomic E-state index is 14.9. The number of nitrogens with one attached hydrogen (secondary N) is 11. The van der Waals surface area contributed by atoms with Crippen molar-refractivity contribution in [2.75, 3.05) is 44.2 Å². The van der Waals surface area contributed by atoms with Crippen LogP contribution in [0.3, 0.4) is 0 Å². The molecule has 1 aromatic heterocycles. The Hall–Kier alpha value is -6.61. The zero-order valence-electron chi connectivity index (χ0n) is 51.3. The van der Waals surface area contributed by atoms with E-state index in [2.05, 4.69) is 65.1 Å². The molecule has 0 saturated carbocycles. The maximum atomic E-state index is 14.9. The van der Waals surface area contributed by atoms with Crippen molar-refractivity contribution in [3.63, 3.8) is 0 Å². The number of carbonyl (C=O) groups excluding carboxylic acids is 11. The number of unbranched alkanes of at least 4 members (excludes halogenated alkanes) is 5. The number of amides is 11. The molecule has 0 spiro atoms. The SMILES string of the molecule is CCCCCCCCC(=O)N[C@@H](CCN)C(=O)N[C@H](C(=O)N[C@@H](CCN)C(=O)NC1CSSCC(C(N)=O)NC(=O)[C@H](CCN)NC(=O)[C@H](CCN)NC(=O)[C@H](CC(C)C)NC(=O)[C@@H](Cc2c[nH]c3ccccc23)NC(=O)[C@](C)(CCN)NC1=O)[C@@H](C)O. The summed E-state index contributed by atoms with van der Waals surface area (Å²) in [4.78, 5) is 158. The minimum absolute atomic E-state index is 0.00489. The van der Waals surface area contributed by atoms with Crippen LogP contribution in [0.15, 0.2) is 30.5 Å². The highest BCUT2D eigenvalue weighted by Gasteiger charge is 2.41. The van der Waals surface area contributed by atoms with Crippen molar-refractivity contribution in [2.24, 2.45) is 40.3 Å². The Bertz CT molecular complexity index is 2630. The molecule has 0 aliphatic carbocycles. The average Bonchev–Trinajstić information content (AvgIpc) is 2.38.